The van der Waals surface area contributed by atoms with E-state index in [4.69, 9.17) is 23.7 Å². The van der Waals surface area contributed by atoms with Crippen LogP contribution in [0, 0.1) is 5.92 Å². The molecule has 1 saturated heterocycles. The molecule has 6 nitrogen and oxygen atoms in total. The minimum Gasteiger partial charge on any atom is -0.385 e. The summed E-state index contributed by atoms with van der Waals surface area (Å²) in [7, 11) is 0. The summed E-state index contributed by atoms with van der Waals surface area (Å²) >= 11 is 0. The van der Waals surface area contributed by atoms with E-state index >= 15 is 0 Å². The Balaban J connectivity index is 1.34. The number of rotatable bonds is 13. The highest BCUT2D eigenvalue weighted by molar-refractivity contribution is 5.15. The SMILES string of the molecule is C[C@H](O[C@H]1O[C@H](COCc2ccccc2)[C@@H](OCc2ccccc2)[C@H](OCc2ccccc2)[C@@H]1O)C1CC1. The average molecular weight is 519 g/mol. The van der Waals surface area contributed by atoms with Gasteiger partial charge in [0.2, 0.25) is 0 Å². The molecule has 1 aliphatic carbocycles. The molecule has 0 bridgehead atoms. The molecular formula is C32H38O6. The van der Waals surface area contributed by atoms with Crippen molar-refractivity contribution in [3.8, 4) is 0 Å². The maximum absolute atomic E-state index is 11.5. The number of hydrogen-bond acceptors (Lipinski definition) is 6. The number of aliphatic hydroxyl groups excluding tert-OH is 1. The molecule has 1 saturated carbocycles. The molecule has 1 aliphatic heterocycles. The number of aliphatic hydroxyl groups is 1. The molecule has 3 aromatic rings. The van der Waals surface area contributed by atoms with Crippen LogP contribution >= 0.6 is 0 Å². The van der Waals surface area contributed by atoms with Crippen molar-refractivity contribution in [3.63, 3.8) is 0 Å². The molecule has 38 heavy (non-hydrogen) atoms. The van der Waals surface area contributed by atoms with Crippen LogP contribution in [0.1, 0.15) is 36.5 Å². The summed E-state index contributed by atoms with van der Waals surface area (Å²) in [6, 6.07) is 30.0. The van der Waals surface area contributed by atoms with Crippen LogP contribution in [0.2, 0.25) is 0 Å². The van der Waals surface area contributed by atoms with E-state index in [0.29, 0.717) is 25.7 Å². The second-order valence-corrected chi connectivity index (χ2v) is 10.2. The Hall–Kier alpha value is -2.58. The molecular weight excluding hydrogens is 480 g/mol. The van der Waals surface area contributed by atoms with Crippen molar-refractivity contribution in [2.75, 3.05) is 6.61 Å². The zero-order valence-corrected chi connectivity index (χ0v) is 21.9. The molecule has 5 rings (SSSR count). The van der Waals surface area contributed by atoms with Gasteiger partial charge in [-0.05, 0) is 42.4 Å². The minimum absolute atomic E-state index is 0.00269. The molecule has 6 atom stereocenters. The average Bonchev–Trinajstić information content (AvgIpc) is 3.81. The lowest BCUT2D eigenvalue weighted by Crippen LogP contribution is -2.61. The lowest BCUT2D eigenvalue weighted by atomic mass is 9.98. The van der Waals surface area contributed by atoms with Crippen molar-refractivity contribution in [1.82, 2.24) is 0 Å². The van der Waals surface area contributed by atoms with E-state index in [1.165, 1.54) is 0 Å². The number of ether oxygens (including phenoxy) is 5. The maximum Gasteiger partial charge on any atom is 0.186 e. The van der Waals surface area contributed by atoms with Crippen LogP contribution in [0.5, 0.6) is 0 Å². The first kappa shape index (κ1) is 27.0. The molecule has 0 amide bonds. The summed E-state index contributed by atoms with van der Waals surface area (Å²) in [6.45, 7) is 3.49. The largest absolute Gasteiger partial charge is 0.385 e. The first-order valence-electron chi connectivity index (χ1n) is 13.6. The Labute approximate surface area is 225 Å². The van der Waals surface area contributed by atoms with Gasteiger partial charge in [-0.15, -0.1) is 0 Å². The summed E-state index contributed by atoms with van der Waals surface area (Å²) in [5.41, 5.74) is 3.14. The quantitative estimate of drug-likeness (QED) is 0.332. The molecule has 0 spiro atoms. The van der Waals surface area contributed by atoms with Crippen molar-refractivity contribution in [2.24, 2.45) is 5.92 Å². The highest BCUT2D eigenvalue weighted by atomic mass is 16.7. The smallest absolute Gasteiger partial charge is 0.186 e. The Morgan fingerprint density at radius 3 is 1.76 bits per heavy atom. The second kappa shape index (κ2) is 13.5. The Kier molecular flexibility index (Phi) is 9.57. The number of benzene rings is 3. The van der Waals surface area contributed by atoms with Gasteiger partial charge in [-0.2, -0.15) is 0 Å². The van der Waals surface area contributed by atoms with E-state index in [9.17, 15) is 5.11 Å². The van der Waals surface area contributed by atoms with Gasteiger partial charge in [-0.3, -0.25) is 0 Å². The number of hydrogen-bond donors (Lipinski definition) is 1. The van der Waals surface area contributed by atoms with E-state index in [0.717, 1.165) is 29.5 Å². The van der Waals surface area contributed by atoms with Crippen LogP contribution in [-0.2, 0) is 43.5 Å². The van der Waals surface area contributed by atoms with E-state index in [1.54, 1.807) is 0 Å². The van der Waals surface area contributed by atoms with Gasteiger partial charge in [0.25, 0.3) is 0 Å². The van der Waals surface area contributed by atoms with E-state index in [-0.39, 0.29) is 12.7 Å². The molecule has 1 heterocycles. The third kappa shape index (κ3) is 7.50. The summed E-state index contributed by atoms with van der Waals surface area (Å²) in [5, 5.41) is 11.5. The van der Waals surface area contributed by atoms with E-state index < -0.39 is 30.7 Å². The maximum atomic E-state index is 11.5. The molecule has 0 aromatic heterocycles. The normalized spacial score (nSPS) is 26.2. The monoisotopic (exact) mass is 518 g/mol. The zero-order chi connectivity index (χ0) is 26.2. The lowest BCUT2D eigenvalue weighted by molar-refractivity contribution is -0.327. The van der Waals surface area contributed by atoms with Crippen LogP contribution < -0.4 is 0 Å². The first-order chi connectivity index (χ1) is 18.7. The standard InChI is InChI=1S/C32H38O6/c1-23(27-17-18-27)37-32-29(33)31(36-21-26-15-9-4-10-16-26)30(35-20-25-13-7-3-8-14-25)28(38-32)22-34-19-24-11-5-2-6-12-24/h2-16,23,27-33H,17-22H2,1H3/t23-,28+,29-,30+,31+,32-/m0/s1. The Morgan fingerprint density at radius 1 is 0.737 bits per heavy atom. The van der Waals surface area contributed by atoms with Crippen molar-refractivity contribution in [3.05, 3.63) is 108 Å². The van der Waals surface area contributed by atoms with Crippen LogP contribution in [0.3, 0.4) is 0 Å². The molecule has 6 heteroatoms. The topological polar surface area (TPSA) is 66.4 Å². The van der Waals surface area contributed by atoms with Gasteiger partial charge in [-0.1, -0.05) is 91.0 Å². The Morgan fingerprint density at radius 2 is 1.24 bits per heavy atom. The van der Waals surface area contributed by atoms with E-state index in [1.807, 2.05) is 97.9 Å². The molecule has 0 radical (unpaired) electrons. The van der Waals surface area contributed by atoms with Crippen LogP contribution in [0.15, 0.2) is 91.0 Å². The van der Waals surface area contributed by atoms with Gasteiger partial charge < -0.3 is 28.8 Å². The highest BCUT2D eigenvalue weighted by Crippen LogP contribution is 2.37. The Bertz CT molecular complexity index is 1070. The minimum atomic E-state index is -1.01. The van der Waals surface area contributed by atoms with Gasteiger partial charge >= 0.3 is 0 Å². The second-order valence-electron chi connectivity index (χ2n) is 10.2. The molecule has 202 valence electrons. The molecule has 0 unspecified atom stereocenters. The van der Waals surface area contributed by atoms with Gasteiger partial charge in [0.1, 0.15) is 24.4 Å². The van der Waals surface area contributed by atoms with Gasteiger partial charge in [0.05, 0.1) is 32.5 Å². The van der Waals surface area contributed by atoms with Crippen LogP contribution in [0.4, 0.5) is 0 Å². The lowest BCUT2D eigenvalue weighted by Gasteiger charge is -2.44. The van der Waals surface area contributed by atoms with Gasteiger partial charge in [0.15, 0.2) is 6.29 Å². The van der Waals surface area contributed by atoms with Crippen LogP contribution in [-0.4, -0.2) is 48.5 Å². The summed E-state index contributed by atoms with van der Waals surface area (Å²) in [4.78, 5) is 0. The fraction of sp³-hybridized carbons (Fsp3) is 0.438. The van der Waals surface area contributed by atoms with E-state index in [2.05, 4.69) is 0 Å². The fourth-order valence-corrected chi connectivity index (χ4v) is 4.82. The van der Waals surface area contributed by atoms with Crippen molar-refractivity contribution >= 4 is 0 Å². The zero-order valence-electron chi connectivity index (χ0n) is 21.9. The van der Waals surface area contributed by atoms with Gasteiger partial charge in [-0.25, -0.2) is 0 Å². The fourth-order valence-electron chi connectivity index (χ4n) is 4.82. The summed E-state index contributed by atoms with van der Waals surface area (Å²) in [6.07, 6.45) is -1.25. The van der Waals surface area contributed by atoms with Crippen molar-refractivity contribution in [2.45, 2.75) is 76.4 Å². The first-order valence-corrected chi connectivity index (χ1v) is 13.6. The predicted molar refractivity (Wildman–Crippen MR) is 144 cm³/mol. The third-order valence-corrected chi connectivity index (χ3v) is 7.21. The molecule has 2 fully saturated rings. The third-order valence-electron chi connectivity index (χ3n) is 7.21. The molecule has 1 N–H and O–H groups in total. The van der Waals surface area contributed by atoms with Crippen molar-refractivity contribution in [1.29, 1.82) is 0 Å². The van der Waals surface area contributed by atoms with Crippen molar-refractivity contribution < 1.29 is 28.8 Å². The summed E-state index contributed by atoms with van der Waals surface area (Å²) < 4.78 is 31.5. The predicted octanol–water partition coefficient (Wildman–Crippen LogP) is 5.27. The van der Waals surface area contributed by atoms with Crippen LogP contribution in [0.25, 0.3) is 0 Å². The van der Waals surface area contributed by atoms with Gasteiger partial charge in [0, 0.05) is 0 Å². The highest BCUT2D eigenvalue weighted by Gasteiger charge is 2.48. The molecule has 3 aromatic carbocycles. The summed E-state index contributed by atoms with van der Waals surface area (Å²) in [5.74, 6) is 0.509. The molecule has 2 aliphatic rings.